The molecule has 136 valence electrons. The minimum Gasteiger partial charge on any atom is -0.462 e. The van der Waals surface area contributed by atoms with Crippen LogP contribution in [0.1, 0.15) is 30.1 Å². The maximum atomic E-state index is 12.6. The van der Waals surface area contributed by atoms with Gasteiger partial charge >= 0.3 is 5.97 Å². The molecular formula is C17H17N3O4S2. The lowest BCUT2D eigenvalue weighted by molar-refractivity contribution is 0.0500. The minimum atomic E-state index is -3.82. The van der Waals surface area contributed by atoms with Crippen LogP contribution in [0.25, 0.3) is 11.0 Å². The van der Waals surface area contributed by atoms with Gasteiger partial charge in [0.1, 0.15) is 15.9 Å². The maximum Gasteiger partial charge on any atom is 0.338 e. The van der Waals surface area contributed by atoms with Gasteiger partial charge in [-0.15, -0.1) is 0 Å². The van der Waals surface area contributed by atoms with E-state index in [2.05, 4.69) is 13.5 Å². The van der Waals surface area contributed by atoms with E-state index < -0.39 is 16.0 Å². The highest BCUT2D eigenvalue weighted by molar-refractivity contribution is 7.93. The Hall–Kier alpha value is -2.52. The number of carbonyl (C=O) groups is 1. The van der Waals surface area contributed by atoms with Crippen LogP contribution in [0.4, 0.5) is 5.69 Å². The molecule has 0 spiro atoms. The summed E-state index contributed by atoms with van der Waals surface area (Å²) in [5.74, 6) is -0.425. The zero-order valence-electron chi connectivity index (χ0n) is 14.0. The molecule has 0 saturated carbocycles. The van der Waals surface area contributed by atoms with E-state index in [1.165, 1.54) is 30.3 Å². The largest absolute Gasteiger partial charge is 0.462 e. The Labute approximate surface area is 155 Å². The first-order valence-electron chi connectivity index (χ1n) is 8.02. The number of ether oxygens (including phenoxy) is 1. The van der Waals surface area contributed by atoms with Crippen molar-refractivity contribution in [3.8, 4) is 0 Å². The molecule has 0 aliphatic heterocycles. The summed E-state index contributed by atoms with van der Waals surface area (Å²) in [4.78, 5) is 11.9. The van der Waals surface area contributed by atoms with Crippen molar-refractivity contribution in [3.05, 3.63) is 48.0 Å². The molecule has 0 aliphatic rings. The molecule has 1 N–H and O–H groups in total. The van der Waals surface area contributed by atoms with E-state index >= 15 is 0 Å². The van der Waals surface area contributed by atoms with E-state index in [0.29, 0.717) is 28.9 Å². The predicted octanol–water partition coefficient (Wildman–Crippen LogP) is 3.45. The zero-order valence-corrected chi connectivity index (χ0v) is 15.6. The average molecular weight is 391 g/mol. The summed E-state index contributed by atoms with van der Waals surface area (Å²) in [6.07, 6.45) is 1.75. The highest BCUT2D eigenvalue weighted by atomic mass is 32.2. The van der Waals surface area contributed by atoms with Crippen LogP contribution in [0.2, 0.25) is 0 Å². The summed E-state index contributed by atoms with van der Waals surface area (Å²) in [5, 5.41) is 0. The molecule has 26 heavy (non-hydrogen) atoms. The average Bonchev–Trinajstić information content (AvgIpc) is 3.10. The van der Waals surface area contributed by atoms with Gasteiger partial charge in [-0.3, -0.25) is 4.72 Å². The lowest BCUT2D eigenvalue weighted by Crippen LogP contribution is -2.13. The number of nitrogens with zero attached hydrogens (tertiary/aromatic N) is 2. The van der Waals surface area contributed by atoms with Gasteiger partial charge < -0.3 is 4.74 Å². The smallest absolute Gasteiger partial charge is 0.338 e. The number of benzene rings is 2. The van der Waals surface area contributed by atoms with Gasteiger partial charge in [-0.25, -0.2) is 13.2 Å². The van der Waals surface area contributed by atoms with Crippen molar-refractivity contribution in [1.82, 2.24) is 8.75 Å². The SMILES string of the molecule is CCCCOC(=O)c1ccc(NS(=O)(=O)c2cccc3nsnc23)cc1. The van der Waals surface area contributed by atoms with Gasteiger partial charge in [-0.05, 0) is 42.8 Å². The molecule has 0 saturated heterocycles. The highest BCUT2D eigenvalue weighted by Gasteiger charge is 2.20. The Kier molecular flexibility index (Phi) is 5.48. The first-order valence-corrected chi connectivity index (χ1v) is 10.2. The van der Waals surface area contributed by atoms with Gasteiger partial charge in [0.2, 0.25) is 0 Å². The maximum absolute atomic E-state index is 12.6. The molecule has 0 fully saturated rings. The lowest BCUT2D eigenvalue weighted by atomic mass is 10.2. The summed E-state index contributed by atoms with van der Waals surface area (Å²) in [6.45, 7) is 2.38. The fourth-order valence-corrected chi connectivity index (χ4v) is 4.10. The number of esters is 1. The van der Waals surface area contributed by atoms with Crippen molar-refractivity contribution in [3.63, 3.8) is 0 Å². The Balaban J connectivity index is 1.76. The summed E-state index contributed by atoms with van der Waals surface area (Å²) < 4.78 is 41.0. The van der Waals surface area contributed by atoms with Crippen LogP contribution >= 0.6 is 11.7 Å². The van der Waals surface area contributed by atoms with Crippen LogP contribution in [0.15, 0.2) is 47.4 Å². The van der Waals surface area contributed by atoms with Gasteiger partial charge in [0.15, 0.2) is 0 Å². The molecule has 0 amide bonds. The summed E-state index contributed by atoms with van der Waals surface area (Å²) in [5.41, 5.74) is 1.58. The second-order valence-electron chi connectivity index (χ2n) is 5.56. The molecule has 3 aromatic rings. The number of sulfonamides is 1. The van der Waals surface area contributed by atoms with Crippen molar-refractivity contribution in [2.24, 2.45) is 0 Å². The number of fused-ring (bicyclic) bond motifs is 1. The van der Waals surface area contributed by atoms with Crippen LogP contribution in [-0.4, -0.2) is 29.7 Å². The monoisotopic (exact) mass is 391 g/mol. The number of anilines is 1. The zero-order chi connectivity index (χ0) is 18.6. The first kappa shape index (κ1) is 18.3. The van der Waals surface area contributed by atoms with E-state index in [9.17, 15) is 13.2 Å². The van der Waals surface area contributed by atoms with Gasteiger partial charge in [-0.1, -0.05) is 19.4 Å². The first-order chi connectivity index (χ1) is 12.5. The fourth-order valence-electron chi connectivity index (χ4n) is 2.28. The number of nitrogens with one attached hydrogen (secondary N) is 1. The predicted molar refractivity (Wildman–Crippen MR) is 99.9 cm³/mol. The van der Waals surface area contributed by atoms with Crippen molar-refractivity contribution in [1.29, 1.82) is 0 Å². The highest BCUT2D eigenvalue weighted by Crippen LogP contribution is 2.23. The summed E-state index contributed by atoms with van der Waals surface area (Å²) in [7, 11) is -3.82. The molecule has 0 unspecified atom stereocenters. The van der Waals surface area contributed by atoms with Gasteiger partial charge in [0.25, 0.3) is 10.0 Å². The number of hydrogen-bond acceptors (Lipinski definition) is 7. The number of carbonyl (C=O) groups excluding carboxylic acids is 1. The molecule has 1 aromatic heterocycles. The van der Waals surface area contributed by atoms with Crippen LogP contribution in [-0.2, 0) is 14.8 Å². The topological polar surface area (TPSA) is 98.2 Å². The quantitative estimate of drug-likeness (QED) is 0.489. The Morgan fingerprint density at radius 2 is 1.92 bits per heavy atom. The molecule has 0 bridgehead atoms. The second-order valence-corrected chi connectivity index (χ2v) is 7.74. The third-order valence-corrected chi connectivity index (χ3v) is 5.60. The van der Waals surface area contributed by atoms with Crippen LogP contribution in [0.3, 0.4) is 0 Å². The van der Waals surface area contributed by atoms with Crippen LogP contribution in [0.5, 0.6) is 0 Å². The molecule has 3 rings (SSSR count). The number of unbranched alkanes of at least 4 members (excludes halogenated alkanes) is 1. The number of hydrogen-bond donors (Lipinski definition) is 1. The second kappa shape index (κ2) is 7.79. The molecule has 0 atom stereocenters. The van der Waals surface area contributed by atoms with Gasteiger partial charge in [-0.2, -0.15) is 8.75 Å². The number of aromatic nitrogens is 2. The minimum absolute atomic E-state index is 0.0619. The Morgan fingerprint density at radius 3 is 2.65 bits per heavy atom. The number of rotatable bonds is 7. The van der Waals surface area contributed by atoms with Crippen LogP contribution in [0, 0.1) is 0 Å². The van der Waals surface area contributed by atoms with E-state index in [-0.39, 0.29) is 4.90 Å². The molecule has 7 nitrogen and oxygen atoms in total. The summed E-state index contributed by atoms with van der Waals surface area (Å²) >= 11 is 0.959. The van der Waals surface area contributed by atoms with E-state index in [0.717, 1.165) is 24.6 Å². The Bertz CT molecular complexity index is 1010. The fraction of sp³-hybridized carbons (Fsp3) is 0.235. The Morgan fingerprint density at radius 1 is 1.15 bits per heavy atom. The molecule has 9 heteroatoms. The van der Waals surface area contributed by atoms with Crippen molar-refractivity contribution < 1.29 is 17.9 Å². The van der Waals surface area contributed by atoms with Gasteiger partial charge in [0.05, 0.1) is 23.9 Å². The summed E-state index contributed by atoms with van der Waals surface area (Å²) in [6, 6.07) is 10.9. The van der Waals surface area contributed by atoms with Crippen LogP contribution < -0.4 is 4.72 Å². The van der Waals surface area contributed by atoms with Gasteiger partial charge in [0, 0.05) is 5.69 Å². The molecular weight excluding hydrogens is 374 g/mol. The molecule has 1 heterocycles. The van der Waals surface area contributed by atoms with E-state index in [1.807, 2.05) is 6.92 Å². The van der Waals surface area contributed by atoms with Crippen molar-refractivity contribution >= 4 is 44.4 Å². The third-order valence-electron chi connectivity index (χ3n) is 3.64. The van der Waals surface area contributed by atoms with Crippen molar-refractivity contribution in [2.45, 2.75) is 24.7 Å². The lowest BCUT2D eigenvalue weighted by Gasteiger charge is -2.09. The van der Waals surface area contributed by atoms with E-state index in [4.69, 9.17) is 4.74 Å². The third kappa shape index (κ3) is 4.00. The van der Waals surface area contributed by atoms with E-state index in [1.54, 1.807) is 12.1 Å². The molecule has 0 radical (unpaired) electrons. The standard InChI is InChI=1S/C17H17N3O4S2/c1-2-3-11-24-17(21)12-7-9-13(10-8-12)20-26(22,23)15-6-4-5-14-16(15)19-25-18-14/h4-10,20H,2-3,11H2,1H3. The molecule has 0 aliphatic carbocycles. The molecule has 2 aromatic carbocycles. The van der Waals surface area contributed by atoms with Crippen molar-refractivity contribution in [2.75, 3.05) is 11.3 Å². The normalized spacial score (nSPS) is 11.4.